The van der Waals surface area contributed by atoms with Gasteiger partial charge in [0, 0.05) is 43.3 Å². The average Bonchev–Trinajstić information content (AvgIpc) is 2.85. The highest BCUT2D eigenvalue weighted by atomic mass is 15.3. The van der Waals surface area contributed by atoms with Crippen molar-refractivity contribution in [3.05, 3.63) is 36.7 Å². The van der Waals surface area contributed by atoms with Crippen LogP contribution in [0.15, 0.2) is 31.0 Å². The van der Waals surface area contributed by atoms with E-state index in [1.165, 1.54) is 5.69 Å². The molecule has 90 valence electrons. The summed E-state index contributed by atoms with van der Waals surface area (Å²) in [6.07, 6.45) is 7.74. The van der Waals surface area contributed by atoms with E-state index in [9.17, 15) is 0 Å². The van der Waals surface area contributed by atoms with Crippen LogP contribution in [0.1, 0.15) is 24.6 Å². The monoisotopic (exact) mass is 231 g/mol. The Bertz CT molecular complexity index is 469. The fourth-order valence-corrected chi connectivity index (χ4v) is 2.26. The quantitative estimate of drug-likeness (QED) is 0.855. The van der Waals surface area contributed by atoms with Gasteiger partial charge in [-0.2, -0.15) is 5.10 Å². The van der Waals surface area contributed by atoms with Crippen LogP contribution in [0.5, 0.6) is 0 Å². The molecule has 2 aromatic rings. The van der Waals surface area contributed by atoms with Crippen molar-refractivity contribution < 1.29 is 0 Å². The Morgan fingerprint density at radius 2 is 2.41 bits per heavy atom. The summed E-state index contributed by atoms with van der Waals surface area (Å²) in [7, 11) is 0. The van der Waals surface area contributed by atoms with Gasteiger partial charge in [0.15, 0.2) is 0 Å². The summed E-state index contributed by atoms with van der Waals surface area (Å²) in [5.41, 5.74) is 1.34. The Morgan fingerprint density at radius 3 is 3.06 bits per heavy atom. The maximum Gasteiger partial charge on any atom is 0.0951 e. The van der Waals surface area contributed by atoms with Gasteiger partial charge in [0.25, 0.3) is 0 Å². The van der Waals surface area contributed by atoms with E-state index in [0.717, 1.165) is 19.6 Å². The van der Waals surface area contributed by atoms with Crippen LogP contribution in [0.4, 0.5) is 0 Å². The predicted molar refractivity (Wildman–Crippen MR) is 64.8 cm³/mol. The second kappa shape index (κ2) is 4.33. The summed E-state index contributed by atoms with van der Waals surface area (Å²) in [6, 6.07) is 2.34. The molecule has 1 aliphatic heterocycles. The van der Waals surface area contributed by atoms with Crippen LogP contribution in [0.3, 0.4) is 0 Å². The third-order valence-electron chi connectivity index (χ3n) is 3.38. The molecule has 0 aromatic carbocycles. The van der Waals surface area contributed by atoms with Crippen LogP contribution in [-0.4, -0.2) is 32.4 Å². The zero-order chi connectivity index (χ0) is 11.7. The highest BCUT2D eigenvalue weighted by Gasteiger charge is 2.23. The normalized spacial score (nSPS) is 17.9. The fraction of sp³-hybridized carbons (Fsp3) is 0.500. The van der Waals surface area contributed by atoms with Gasteiger partial charge in [-0.05, 0) is 13.0 Å². The topological polar surface area (TPSA) is 47.7 Å². The van der Waals surface area contributed by atoms with Crippen LogP contribution in [0.2, 0.25) is 0 Å². The number of aromatic nitrogens is 4. The molecule has 0 saturated carbocycles. The molecule has 17 heavy (non-hydrogen) atoms. The lowest BCUT2D eigenvalue weighted by Gasteiger charge is -2.29. The van der Waals surface area contributed by atoms with E-state index < -0.39 is 0 Å². The molecule has 1 unspecified atom stereocenters. The third kappa shape index (κ3) is 1.98. The van der Waals surface area contributed by atoms with Gasteiger partial charge in [0.05, 0.1) is 18.9 Å². The summed E-state index contributed by atoms with van der Waals surface area (Å²) in [6.45, 7) is 5.23. The van der Waals surface area contributed by atoms with E-state index in [0.29, 0.717) is 12.0 Å². The molecule has 2 aromatic heterocycles. The van der Waals surface area contributed by atoms with Crippen molar-refractivity contribution in [1.82, 2.24) is 24.6 Å². The van der Waals surface area contributed by atoms with Gasteiger partial charge in [0.2, 0.25) is 0 Å². The minimum atomic E-state index is 0.382. The molecular formula is C12H17N5. The molecule has 1 saturated heterocycles. The summed E-state index contributed by atoms with van der Waals surface area (Å²) in [4.78, 5) is 4.28. The Morgan fingerprint density at radius 1 is 1.53 bits per heavy atom. The van der Waals surface area contributed by atoms with E-state index in [4.69, 9.17) is 0 Å². The lowest BCUT2D eigenvalue weighted by molar-refractivity contribution is 0.381. The van der Waals surface area contributed by atoms with Gasteiger partial charge in [0.1, 0.15) is 0 Å². The summed E-state index contributed by atoms with van der Waals surface area (Å²) in [5, 5.41) is 7.55. The number of rotatable bonds is 4. The highest BCUT2D eigenvalue weighted by molar-refractivity contribution is 5.12. The Hall–Kier alpha value is -1.62. The summed E-state index contributed by atoms with van der Waals surface area (Å²) < 4.78 is 4.24. The lowest BCUT2D eigenvalue weighted by Crippen LogP contribution is -2.41. The Balaban J connectivity index is 1.76. The average molecular weight is 231 g/mol. The largest absolute Gasteiger partial charge is 0.330 e. The zero-order valence-electron chi connectivity index (χ0n) is 9.95. The van der Waals surface area contributed by atoms with Gasteiger partial charge in [-0.15, -0.1) is 0 Å². The molecule has 0 bridgehead atoms. The van der Waals surface area contributed by atoms with E-state index in [1.807, 2.05) is 35.7 Å². The first-order valence-corrected chi connectivity index (χ1v) is 6.04. The van der Waals surface area contributed by atoms with E-state index >= 15 is 0 Å². The molecular weight excluding hydrogens is 214 g/mol. The number of nitrogens with zero attached hydrogens (tertiary/aromatic N) is 4. The SMILES string of the molecule is CC(Cn1cccn1)n1cncc1C1CNC1. The van der Waals surface area contributed by atoms with Crippen LogP contribution in [0, 0.1) is 0 Å². The van der Waals surface area contributed by atoms with Crippen molar-refractivity contribution in [2.45, 2.75) is 25.4 Å². The molecule has 0 aliphatic carbocycles. The number of nitrogens with one attached hydrogen (secondary N) is 1. The zero-order valence-corrected chi connectivity index (χ0v) is 9.95. The molecule has 0 amide bonds. The minimum absolute atomic E-state index is 0.382. The van der Waals surface area contributed by atoms with Crippen LogP contribution >= 0.6 is 0 Å². The Labute approximate surface area is 100 Å². The van der Waals surface area contributed by atoms with Crippen molar-refractivity contribution in [2.24, 2.45) is 0 Å². The number of hydrogen-bond acceptors (Lipinski definition) is 3. The molecule has 3 rings (SSSR count). The van der Waals surface area contributed by atoms with Gasteiger partial charge in [-0.3, -0.25) is 4.68 Å². The smallest absolute Gasteiger partial charge is 0.0951 e. The van der Waals surface area contributed by atoms with Crippen molar-refractivity contribution >= 4 is 0 Å². The van der Waals surface area contributed by atoms with Crippen molar-refractivity contribution in [3.63, 3.8) is 0 Å². The highest BCUT2D eigenvalue weighted by Crippen LogP contribution is 2.22. The fourth-order valence-electron chi connectivity index (χ4n) is 2.26. The van der Waals surface area contributed by atoms with E-state index in [2.05, 4.69) is 26.9 Å². The molecule has 5 nitrogen and oxygen atoms in total. The minimum Gasteiger partial charge on any atom is -0.330 e. The second-order valence-electron chi connectivity index (χ2n) is 4.66. The first kappa shape index (κ1) is 10.5. The third-order valence-corrected chi connectivity index (χ3v) is 3.38. The molecule has 0 radical (unpaired) electrons. The van der Waals surface area contributed by atoms with Gasteiger partial charge in [-0.25, -0.2) is 4.98 Å². The molecule has 0 spiro atoms. The number of imidazole rings is 1. The first-order valence-electron chi connectivity index (χ1n) is 6.04. The maximum atomic E-state index is 4.28. The summed E-state index contributed by atoms with van der Waals surface area (Å²) >= 11 is 0. The van der Waals surface area contributed by atoms with E-state index in [-0.39, 0.29) is 0 Å². The molecule has 1 atom stereocenters. The number of hydrogen-bond donors (Lipinski definition) is 1. The van der Waals surface area contributed by atoms with Crippen LogP contribution in [-0.2, 0) is 6.54 Å². The molecule has 1 N–H and O–H groups in total. The molecule has 5 heteroatoms. The lowest BCUT2D eigenvalue weighted by atomic mass is 9.99. The van der Waals surface area contributed by atoms with Crippen molar-refractivity contribution in [2.75, 3.05) is 13.1 Å². The summed E-state index contributed by atoms with van der Waals surface area (Å²) in [5.74, 6) is 0.623. The molecule has 1 fully saturated rings. The molecule has 1 aliphatic rings. The maximum absolute atomic E-state index is 4.28. The van der Waals surface area contributed by atoms with Crippen molar-refractivity contribution in [3.8, 4) is 0 Å². The van der Waals surface area contributed by atoms with Gasteiger partial charge < -0.3 is 9.88 Å². The van der Waals surface area contributed by atoms with Gasteiger partial charge in [-0.1, -0.05) is 0 Å². The van der Waals surface area contributed by atoms with Crippen LogP contribution in [0.25, 0.3) is 0 Å². The standard InChI is InChI=1S/C12H17N5/c1-10(8-16-4-2-3-15-16)17-9-14-7-12(17)11-5-13-6-11/h2-4,7,9-11,13H,5-6,8H2,1H3. The Kier molecular flexibility index (Phi) is 2.68. The van der Waals surface area contributed by atoms with Crippen LogP contribution < -0.4 is 5.32 Å². The first-order chi connectivity index (χ1) is 8.34. The van der Waals surface area contributed by atoms with E-state index in [1.54, 1.807) is 0 Å². The second-order valence-corrected chi connectivity index (χ2v) is 4.66. The predicted octanol–water partition coefficient (Wildman–Crippen LogP) is 1.03. The molecule has 3 heterocycles. The van der Waals surface area contributed by atoms with Gasteiger partial charge >= 0.3 is 0 Å². The van der Waals surface area contributed by atoms with Crippen molar-refractivity contribution in [1.29, 1.82) is 0 Å².